The standard InChI is InChI=1S/C26H25Cl2N3O3/c1-3-5-21-26(32)31(23(17-8-9-17)25-30-29-15(2)33-25)22(16-10-12-19(27)13-11-16)24(34-21)18-6-4-7-20(28)14-18/h3-4,6-7,10-14,17,21-24H,1,5,8-9H2,2H3/t21-,22+,23?,24-/m1/s1. The van der Waals surface area contributed by atoms with Crippen LogP contribution in [0.5, 0.6) is 0 Å². The summed E-state index contributed by atoms with van der Waals surface area (Å²) in [5.41, 5.74) is 1.79. The fourth-order valence-electron chi connectivity index (χ4n) is 4.71. The highest BCUT2D eigenvalue weighted by Gasteiger charge is 2.52. The molecular formula is C26H25Cl2N3O3. The lowest BCUT2D eigenvalue weighted by Gasteiger charge is -2.47. The Morgan fingerprint density at radius 1 is 1.12 bits per heavy atom. The van der Waals surface area contributed by atoms with E-state index < -0.39 is 18.2 Å². The lowest BCUT2D eigenvalue weighted by Crippen LogP contribution is -2.52. The van der Waals surface area contributed by atoms with Crippen molar-refractivity contribution >= 4 is 29.1 Å². The van der Waals surface area contributed by atoms with Crippen LogP contribution in [0.1, 0.15) is 60.4 Å². The summed E-state index contributed by atoms with van der Waals surface area (Å²) in [6, 6.07) is 14.3. The number of nitrogens with zero attached hydrogens (tertiary/aromatic N) is 3. The predicted molar refractivity (Wildman–Crippen MR) is 129 cm³/mol. The van der Waals surface area contributed by atoms with E-state index in [0.29, 0.717) is 28.2 Å². The van der Waals surface area contributed by atoms with E-state index in [1.807, 2.05) is 53.4 Å². The van der Waals surface area contributed by atoms with Crippen molar-refractivity contribution in [3.8, 4) is 0 Å². The van der Waals surface area contributed by atoms with Gasteiger partial charge >= 0.3 is 0 Å². The van der Waals surface area contributed by atoms with E-state index in [0.717, 1.165) is 24.0 Å². The van der Waals surface area contributed by atoms with Crippen LogP contribution in [-0.2, 0) is 9.53 Å². The third-order valence-electron chi connectivity index (χ3n) is 6.36. The number of amides is 1. The second-order valence-electron chi connectivity index (χ2n) is 8.81. The first-order chi connectivity index (χ1) is 16.5. The quantitative estimate of drug-likeness (QED) is 0.352. The summed E-state index contributed by atoms with van der Waals surface area (Å²) in [4.78, 5) is 15.9. The van der Waals surface area contributed by atoms with E-state index in [1.165, 1.54) is 0 Å². The van der Waals surface area contributed by atoms with Gasteiger partial charge in [0.15, 0.2) is 0 Å². The molecule has 2 aromatic carbocycles. The minimum absolute atomic E-state index is 0.120. The average Bonchev–Trinajstić information content (AvgIpc) is 3.57. The van der Waals surface area contributed by atoms with Gasteiger partial charge in [-0.15, -0.1) is 16.8 Å². The van der Waals surface area contributed by atoms with Crippen molar-refractivity contribution in [3.63, 3.8) is 0 Å². The second-order valence-corrected chi connectivity index (χ2v) is 9.68. The summed E-state index contributed by atoms with van der Waals surface area (Å²) in [6.45, 7) is 5.60. The Morgan fingerprint density at radius 2 is 1.88 bits per heavy atom. The molecule has 3 aromatic rings. The Kier molecular flexibility index (Phi) is 6.47. The fourth-order valence-corrected chi connectivity index (χ4v) is 5.03. The number of ether oxygens (including phenoxy) is 1. The van der Waals surface area contributed by atoms with Gasteiger partial charge in [0.25, 0.3) is 5.91 Å². The molecular weight excluding hydrogens is 473 g/mol. The molecule has 0 radical (unpaired) electrons. The van der Waals surface area contributed by atoms with Crippen LogP contribution in [-0.4, -0.2) is 27.1 Å². The minimum Gasteiger partial charge on any atom is -0.423 e. The monoisotopic (exact) mass is 497 g/mol. The molecule has 1 saturated carbocycles. The molecule has 1 aromatic heterocycles. The topological polar surface area (TPSA) is 68.5 Å². The number of aromatic nitrogens is 2. The molecule has 4 atom stereocenters. The molecule has 1 amide bonds. The van der Waals surface area contributed by atoms with Crippen LogP contribution >= 0.6 is 23.2 Å². The van der Waals surface area contributed by atoms with Crippen molar-refractivity contribution in [3.05, 3.63) is 94.1 Å². The van der Waals surface area contributed by atoms with E-state index >= 15 is 0 Å². The van der Waals surface area contributed by atoms with Crippen molar-refractivity contribution in [1.82, 2.24) is 15.1 Å². The van der Waals surface area contributed by atoms with Crippen LogP contribution in [0, 0.1) is 12.8 Å². The van der Waals surface area contributed by atoms with Crippen LogP contribution in [0.2, 0.25) is 10.0 Å². The maximum atomic E-state index is 14.0. The zero-order valence-corrected chi connectivity index (χ0v) is 20.2. The molecule has 6 nitrogen and oxygen atoms in total. The number of aryl methyl sites for hydroxylation is 1. The number of hydrogen-bond donors (Lipinski definition) is 0. The van der Waals surface area contributed by atoms with E-state index in [4.69, 9.17) is 32.4 Å². The lowest BCUT2D eigenvalue weighted by atomic mass is 9.89. The van der Waals surface area contributed by atoms with Gasteiger partial charge in [0.05, 0.1) is 6.04 Å². The zero-order valence-electron chi connectivity index (χ0n) is 18.7. The number of morpholine rings is 1. The van der Waals surface area contributed by atoms with Crippen molar-refractivity contribution in [2.75, 3.05) is 0 Å². The van der Waals surface area contributed by atoms with Gasteiger partial charge in [0.2, 0.25) is 11.8 Å². The third kappa shape index (κ3) is 4.50. The number of benzene rings is 2. The molecule has 0 spiro atoms. The molecule has 176 valence electrons. The Balaban J connectivity index is 1.69. The largest absolute Gasteiger partial charge is 0.423 e. The Labute approximate surface area is 208 Å². The van der Waals surface area contributed by atoms with E-state index in [1.54, 1.807) is 13.0 Å². The Hall–Kier alpha value is -2.67. The third-order valence-corrected chi connectivity index (χ3v) is 6.85. The van der Waals surface area contributed by atoms with Gasteiger partial charge in [-0.3, -0.25) is 4.79 Å². The highest BCUT2D eigenvalue weighted by atomic mass is 35.5. The number of halogens is 2. The van der Waals surface area contributed by atoms with E-state index in [2.05, 4.69) is 16.8 Å². The Morgan fingerprint density at radius 3 is 2.50 bits per heavy atom. The predicted octanol–water partition coefficient (Wildman–Crippen LogP) is 6.42. The maximum absolute atomic E-state index is 14.0. The Bertz CT molecular complexity index is 1190. The van der Waals surface area contributed by atoms with E-state index in [9.17, 15) is 4.79 Å². The second kappa shape index (κ2) is 9.53. The molecule has 2 aliphatic rings. The SMILES string of the molecule is C=CC[C@H]1O[C@H](c2cccc(Cl)c2)[C@H](c2ccc(Cl)cc2)N(C(c2nnc(C)o2)C2CC2)C1=O. The normalized spacial score (nSPS) is 23.7. The highest BCUT2D eigenvalue weighted by Crippen LogP contribution is 2.52. The molecule has 1 aliphatic heterocycles. The minimum atomic E-state index is -0.685. The number of hydrogen-bond acceptors (Lipinski definition) is 5. The first-order valence-corrected chi connectivity index (χ1v) is 12.1. The molecule has 2 heterocycles. The summed E-state index contributed by atoms with van der Waals surface area (Å²) >= 11 is 12.6. The molecule has 1 aliphatic carbocycles. The highest BCUT2D eigenvalue weighted by molar-refractivity contribution is 6.30. The van der Waals surface area contributed by atoms with Crippen molar-refractivity contribution in [2.45, 2.75) is 50.5 Å². The summed E-state index contributed by atoms with van der Waals surface area (Å²) in [5, 5.41) is 9.60. The van der Waals surface area contributed by atoms with Crippen molar-refractivity contribution in [1.29, 1.82) is 0 Å². The van der Waals surface area contributed by atoms with Gasteiger partial charge in [-0.2, -0.15) is 0 Å². The summed E-state index contributed by atoms with van der Waals surface area (Å²) in [6.07, 6.45) is 2.92. The van der Waals surface area contributed by atoms with Crippen molar-refractivity contribution in [2.24, 2.45) is 5.92 Å². The summed E-state index contributed by atoms with van der Waals surface area (Å²) in [5.74, 6) is 1.04. The average molecular weight is 498 g/mol. The van der Waals surface area contributed by atoms with Gasteiger partial charge in [0.1, 0.15) is 18.2 Å². The van der Waals surface area contributed by atoms with Gasteiger partial charge in [-0.1, -0.05) is 53.5 Å². The number of rotatable bonds is 7. The zero-order chi connectivity index (χ0) is 23.8. The van der Waals surface area contributed by atoms with Crippen LogP contribution < -0.4 is 0 Å². The first-order valence-electron chi connectivity index (χ1n) is 11.4. The molecule has 2 fully saturated rings. The molecule has 0 bridgehead atoms. The summed E-state index contributed by atoms with van der Waals surface area (Å²) in [7, 11) is 0. The van der Waals surface area contributed by atoms with Crippen LogP contribution in [0.3, 0.4) is 0 Å². The van der Waals surface area contributed by atoms with Crippen molar-refractivity contribution < 1.29 is 13.9 Å². The molecule has 34 heavy (non-hydrogen) atoms. The number of carbonyl (C=O) groups is 1. The smallest absolute Gasteiger partial charge is 0.253 e. The van der Waals surface area contributed by atoms with Gasteiger partial charge < -0.3 is 14.1 Å². The molecule has 8 heteroatoms. The fraction of sp³-hybridized carbons (Fsp3) is 0.346. The van der Waals surface area contributed by atoms with Crippen LogP contribution in [0.15, 0.2) is 65.6 Å². The van der Waals surface area contributed by atoms with Gasteiger partial charge in [0, 0.05) is 23.4 Å². The van der Waals surface area contributed by atoms with Crippen LogP contribution in [0.4, 0.5) is 0 Å². The first kappa shape index (κ1) is 23.1. The van der Waals surface area contributed by atoms with Gasteiger partial charge in [-0.05, 0) is 54.2 Å². The molecule has 1 saturated heterocycles. The molecule has 0 N–H and O–H groups in total. The van der Waals surface area contributed by atoms with Gasteiger partial charge in [-0.25, -0.2) is 0 Å². The maximum Gasteiger partial charge on any atom is 0.253 e. The summed E-state index contributed by atoms with van der Waals surface area (Å²) < 4.78 is 12.4. The lowest BCUT2D eigenvalue weighted by molar-refractivity contribution is -0.181. The molecule has 1 unspecified atom stereocenters. The van der Waals surface area contributed by atoms with Crippen LogP contribution in [0.25, 0.3) is 0 Å². The molecule has 5 rings (SSSR count). The van der Waals surface area contributed by atoms with E-state index in [-0.39, 0.29) is 17.9 Å². The number of carbonyl (C=O) groups excluding carboxylic acids is 1.